The van der Waals surface area contributed by atoms with E-state index in [0.717, 1.165) is 24.2 Å². The molecule has 0 saturated carbocycles. The topological polar surface area (TPSA) is 51.2 Å². The number of aromatic nitrogens is 1. The van der Waals surface area contributed by atoms with E-state index in [1.54, 1.807) is 6.92 Å². The first-order chi connectivity index (χ1) is 7.72. The molecule has 0 aromatic carbocycles. The number of carbonyl (C=O) groups is 1. The minimum Gasteiger partial charge on any atom is -0.461 e. The van der Waals surface area contributed by atoms with Gasteiger partial charge >= 0.3 is 5.97 Å². The molecule has 0 bridgehead atoms. The van der Waals surface area contributed by atoms with Crippen molar-refractivity contribution in [1.82, 2.24) is 10.3 Å². The van der Waals surface area contributed by atoms with Crippen LogP contribution in [0.1, 0.15) is 28.7 Å². The summed E-state index contributed by atoms with van der Waals surface area (Å²) >= 11 is 6.01. The number of ether oxygens (including phenoxy) is 1. The fourth-order valence-electron chi connectivity index (χ4n) is 1.71. The van der Waals surface area contributed by atoms with Gasteiger partial charge in [-0.1, -0.05) is 11.6 Å². The Morgan fingerprint density at radius 2 is 2.50 bits per heavy atom. The molecule has 2 heterocycles. The molecule has 1 aromatic rings. The molecule has 4 nitrogen and oxygen atoms in total. The Morgan fingerprint density at radius 3 is 3.25 bits per heavy atom. The molecule has 0 fully saturated rings. The van der Waals surface area contributed by atoms with Crippen molar-refractivity contribution in [3.05, 3.63) is 28.0 Å². The quantitative estimate of drug-likeness (QED) is 0.797. The predicted molar refractivity (Wildman–Crippen MR) is 60.6 cm³/mol. The average Bonchev–Trinajstić information content (AvgIpc) is 2.28. The molecule has 1 aromatic heterocycles. The minimum absolute atomic E-state index is 0.214. The zero-order valence-electron chi connectivity index (χ0n) is 9.05. The van der Waals surface area contributed by atoms with Crippen molar-refractivity contribution in [2.75, 3.05) is 13.2 Å². The number of fused-ring (bicyclic) bond motifs is 1. The third-order valence-corrected chi connectivity index (χ3v) is 2.77. The van der Waals surface area contributed by atoms with Gasteiger partial charge in [0.25, 0.3) is 0 Å². The van der Waals surface area contributed by atoms with Crippen molar-refractivity contribution in [1.29, 1.82) is 0 Å². The smallest absolute Gasteiger partial charge is 0.358 e. The molecule has 0 saturated heterocycles. The van der Waals surface area contributed by atoms with Gasteiger partial charge in [0.05, 0.1) is 17.3 Å². The van der Waals surface area contributed by atoms with Crippen LogP contribution in [0.15, 0.2) is 6.07 Å². The Morgan fingerprint density at radius 1 is 1.69 bits per heavy atom. The second kappa shape index (κ2) is 4.80. The molecule has 0 radical (unpaired) electrons. The van der Waals surface area contributed by atoms with Crippen molar-refractivity contribution in [3.8, 4) is 0 Å². The molecule has 2 rings (SSSR count). The molecule has 86 valence electrons. The Kier molecular flexibility index (Phi) is 3.41. The highest BCUT2D eigenvalue weighted by Crippen LogP contribution is 2.21. The summed E-state index contributed by atoms with van der Waals surface area (Å²) in [7, 11) is 0. The lowest BCUT2D eigenvalue weighted by atomic mass is 10.1. The van der Waals surface area contributed by atoms with E-state index in [1.807, 2.05) is 6.07 Å². The molecule has 1 aliphatic heterocycles. The number of nitrogens with one attached hydrogen (secondary N) is 1. The summed E-state index contributed by atoms with van der Waals surface area (Å²) in [6.45, 7) is 3.68. The first kappa shape index (κ1) is 11.4. The maximum Gasteiger partial charge on any atom is 0.358 e. The van der Waals surface area contributed by atoms with Gasteiger partial charge in [-0.25, -0.2) is 9.78 Å². The van der Waals surface area contributed by atoms with E-state index >= 15 is 0 Å². The summed E-state index contributed by atoms with van der Waals surface area (Å²) < 4.78 is 4.89. The predicted octanol–water partition coefficient (Wildman–Crippen LogP) is 1.56. The lowest BCUT2D eigenvalue weighted by molar-refractivity contribution is 0.0519. The number of halogens is 1. The SMILES string of the molecule is CCOC(=O)c1nc2c(cc1Cl)CCNC2. The molecule has 0 atom stereocenters. The normalized spacial score (nSPS) is 14.4. The molecule has 16 heavy (non-hydrogen) atoms. The molecule has 0 amide bonds. The maximum atomic E-state index is 11.6. The van der Waals surface area contributed by atoms with Crippen LogP contribution < -0.4 is 5.32 Å². The molecule has 0 spiro atoms. The number of hydrogen-bond acceptors (Lipinski definition) is 4. The number of pyridine rings is 1. The molecular formula is C11H13ClN2O2. The second-order valence-electron chi connectivity index (χ2n) is 3.57. The van der Waals surface area contributed by atoms with Crippen LogP contribution in [0.5, 0.6) is 0 Å². The Balaban J connectivity index is 2.35. The van der Waals surface area contributed by atoms with E-state index in [9.17, 15) is 4.79 Å². The lowest BCUT2D eigenvalue weighted by Crippen LogP contribution is -2.25. The van der Waals surface area contributed by atoms with E-state index in [0.29, 0.717) is 18.2 Å². The highest BCUT2D eigenvalue weighted by atomic mass is 35.5. The number of hydrogen-bond donors (Lipinski definition) is 1. The Hall–Kier alpha value is -1.13. The van der Waals surface area contributed by atoms with Gasteiger partial charge in [-0.2, -0.15) is 0 Å². The van der Waals surface area contributed by atoms with Gasteiger partial charge in [-0.05, 0) is 31.5 Å². The largest absolute Gasteiger partial charge is 0.461 e. The van der Waals surface area contributed by atoms with Crippen LogP contribution in [0, 0.1) is 0 Å². The van der Waals surface area contributed by atoms with Gasteiger partial charge in [0.2, 0.25) is 0 Å². The summed E-state index contributed by atoms with van der Waals surface area (Å²) in [4.78, 5) is 15.8. The van der Waals surface area contributed by atoms with Gasteiger partial charge in [0.15, 0.2) is 5.69 Å². The van der Waals surface area contributed by atoms with Crippen LogP contribution in [-0.2, 0) is 17.7 Å². The van der Waals surface area contributed by atoms with Crippen molar-refractivity contribution in [2.45, 2.75) is 19.9 Å². The van der Waals surface area contributed by atoms with Crippen LogP contribution in [0.4, 0.5) is 0 Å². The summed E-state index contributed by atoms with van der Waals surface area (Å²) in [5, 5.41) is 3.58. The van der Waals surface area contributed by atoms with Crippen LogP contribution in [0.3, 0.4) is 0 Å². The van der Waals surface area contributed by atoms with Crippen LogP contribution in [-0.4, -0.2) is 24.1 Å². The number of nitrogens with zero attached hydrogens (tertiary/aromatic N) is 1. The molecular weight excluding hydrogens is 228 g/mol. The standard InChI is InChI=1S/C11H13ClN2O2/c1-2-16-11(15)10-8(12)5-7-3-4-13-6-9(7)14-10/h5,13H,2-4,6H2,1H3. The average molecular weight is 241 g/mol. The van der Waals surface area contributed by atoms with Gasteiger partial charge in [0.1, 0.15) is 0 Å². The van der Waals surface area contributed by atoms with Crippen LogP contribution >= 0.6 is 11.6 Å². The van der Waals surface area contributed by atoms with Crippen LogP contribution in [0.25, 0.3) is 0 Å². The third kappa shape index (κ3) is 2.18. The fraction of sp³-hybridized carbons (Fsp3) is 0.455. The van der Waals surface area contributed by atoms with Crippen molar-refractivity contribution in [2.24, 2.45) is 0 Å². The summed E-state index contributed by atoms with van der Waals surface area (Å²) in [5.74, 6) is -0.458. The Bertz CT molecular complexity index is 421. The van der Waals surface area contributed by atoms with E-state index in [-0.39, 0.29) is 5.69 Å². The zero-order valence-corrected chi connectivity index (χ0v) is 9.80. The van der Waals surface area contributed by atoms with Crippen LogP contribution in [0.2, 0.25) is 5.02 Å². The Labute approximate surface area is 99.0 Å². The van der Waals surface area contributed by atoms with Gasteiger partial charge in [0, 0.05) is 6.54 Å². The van der Waals surface area contributed by atoms with E-state index < -0.39 is 5.97 Å². The lowest BCUT2D eigenvalue weighted by Gasteiger charge is -2.17. The highest BCUT2D eigenvalue weighted by molar-refractivity contribution is 6.33. The van der Waals surface area contributed by atoms with Crippen molar-refractivity contribution in [3.63, 3.8) is 0 Å². The number of rotatable bonds is 2. The minimum atomic E-state index is -0.458. The number of carbonyl (C=O) groups excluding carboxylic acids is 1. The van der Waals surface area contributed by atoms with Gasteiger partial charge in [-0.15, -0.1) is 0 Å². The fourth-order valence-corrected chi connectivity index (χ4v) is 1.96. The van der Waals surface area contributed by atoms with Gasteiger partial charge in [-0.3, -0.25) is 0 Å². The first-order valence-corrected chi connectivity index (χ1v) is 5.66. The molecule has 1 aliphatic rings. The molecule has 0 aliphatic carbocycles. The first-order valence-electron chi connectivity index (χ1n) is 5.28. The second-order valence-corrected chi connectivity index (χ2v) is 3.98. The number of esters is 1. The highest BCUT2D eigenvalue weighted by Gasteiger charge is 2.18. The maximum absolute atomic E-state index is 11.6. The molecule has 1 N–H and O–H groups in total. The summed E-state index contributed by atoms with van der Waals surface area (Å²) in [5.41, 5.74) is 2.21. The van der Waals surface area contributed by atoms with E-state index in [1.165, 1.54) is 0 Å². The third-order valence-electron chi connectivity index (χ3n) is 2.48. The van der Waals surface area contributed by atoms with Crippen molar-refractivity contribution >= 4 is 17.6 Å². The monoisotopic (exact) mass is 240 g/mol. The molecule has 0 unspecified atom stereocenters. The van der Waals surface area contributed by atoms with Crippen molar-refractivity contribution < 1.29 is 9.53 Å². The summed E-state index contributed by atoms with van der Waals surface area (Å²) in [6, 6.07) is 1.82. The summed E-state index contributed by atoms with van der Waals surface area (Å²) in [6.07, 6.45) is 0.894. The zero-order chi connectivity index (χ0) is 11.5. The van der Waals surface area contributed by atoms with Gasteiger partial charge < -0.3 is 10.1 Å². The molecule has 5 heteroatoms. The van der Waals surface area contributed by atoms with E-state index in [4.69, 9.17) is 16.3 Å². The van der Waals surface area contributed by atoms with E-state index in [2.05, 4.69) is 10.3 Å².